The van der Waals surface area contributed by atoms with E-state index in [9.17, 15) is 9.59 Å². The van der Waals surface area contributed by atoms with Crippen molar-refractivity contribution in [3.63, 3.8) is 0 Å². The molecular formula is C16H19N5O2. The molecule has 0 radical (unpaired) electrons. The zero-order valence-electron chi connectivity index (χ0n) is 13.6. The number of pyridine rings is 1. The van der Waals surface area contributed by atoms with Gasteiger partial charge in [-0.1, -0.05) is 0 Å². The predicted molar refractivity (Wildman–Crippen MR) is 86.5 cm³/mol. The summed E-state index contributed by atoms with van der Waals surface area (Å²) in [5, 5.41) is 7.15. The minimum absolute atomic E-state index is 0.0179. The van der Waals surface area contributed by atoms with Gasteiger partial charge in [-0.15, -0.1) is 0 Å². The minimum atomic E-state index is -0.236. The second-order valence-corrected chi connectivity index (χ2v) is 6.58. The van der Waals surface area contributed by atoms with Crippen LogP contribution in [0.1, 0.15) is 36.8 Å². The first-order chi connectivity index (χ1) is 10.8. The van der Waals surface area contributed by atoms with Crippen molar-refractivity contribution in [1.82, 2.24) is 14.8 Å². The molecule has 3 rings (SSSR count). The number of nitrogens with one attached hydrogen (secondary N) is 1. The second-order valence-electron chi connectivity index (χ2n) is 6.58. The van der Waals surface area contributed by atoms with E-state index in [0.717, 1.165) is 0 Å². The third-order valence-electron chi connectivity index (χ3n) is 3.73. The van der Waals surface area contributed by atoms with E-state index in [1.807, 2.05) is 20.8 Å². The summed E-state index contributed by atoms with van der Waals surface area (Å²) in [6.45, 7) is 7.83. The number of aromatic nitrogens is 3. The number of anilines is 2. The number of hydrogen-bond acceptors (Lipinski definition) is 4. The summed E-state index contributed by atoms with van der Waals surface area (Å²) in [5.74, 6) is -0.472. The fourth-order valence-corrected chi connectivity index (χ4v) is 2.48. The monoisotopic (exact) mass is 313 g/mol. The standard InChI is InChI=1S/C16H19N5O2/c1-10-11(8-21(19-10)16(2,3)4)15(23)20-9-14(22)18-12-7-17-6-5-13(12)20/h5-8H,9H2,1-4H3,(H,18,22). The van der Waals surface area contributed by atoms with E-state index in [-0.39, 0.29) is 23.9 Å². The molecule has 0 atom stereocenters. The Morgan fingerprint density at radius 2 is 2.09 bits per heavy atom. The zero-order valence-corrected chi connectivity index (χ0v) is 13.6. The van der Waals surface area contributed by atoms with Gasteiger partial charge < -0.3 is 5.32 Å². The molecule has 0 aromatic carbocycles. The van der Waals surface area contributed by atoms with Crippen LogP contribution < -0.4 is 10.2 Å². The summed E-state index contributed by atoms with van der Waals surface area (Å²) in [6.07, 6.45) is 4.88. The van der Waals surface area contributed by atoms with Crippen molar-refractivity contribution in [3.05, 3.63) is 35.9 Å². The van der Waals surface area contributed by atoms with Gasteiger partial charge in [0, 0.05) is 12.4 Å². The SMILES string of the molecule is Cc1nn(C(C)(C)C)cc1C(=O)N1CC(=O)Nc2cnccc21. The number of carbonyl (C=O) groups excluding carboxylic acids is 2. The maximum atomic E-state index is 12.9. The van der Waals surface area contributed by atoms with Crippen LogP contribution in [0.2, 0.25) is 0 Å². The highest BCUT2D eigenvalue weighted by Gasteiger charge is 2.30. The topological polar surface area (TPSA) is 80.1 Å². The minimum Gasteiger partial charge on any atom is -0.321 e. The van der Waals surface area contributed by atoms with E-state index in [4.69, 9.17) is 0 Å². The molecule has 1 aliphatic rings. The molecule has 3 heterocycles. The molecule has 0 unspecified atom stereocenters. The third kappa shape index (κ3) is 2.69. The van der Waals surface area contributed by atoms with Gasteiger partial charge in [-0.25, -0.2) is 0 Å². The van der Waals surface area contributed by atoms with E-state index in [0.29, 0.717) is 22.6 Å². The summed E-state index contributed by atoms with van der Waals surface area (Å²) in [7, 11) is 0. The van der Waals surface area contributed by atoms with Crippen molar-refractivity contribution >= 4 is 23.2 Å². The molecule has 23 heavy (non-hydrogen) atoms. The highest BCUT2D eigenvalue weighted by atomic mass is 16.2. The van der Waals surface area contributed by atoms with Gasteiger partial charge in [-0.3, -0.25) is 24.2 Å². The van der Waals surface area contributed by atoms with Crippen LogP contribution in [0.5, 0.6) is 0 Å². The lowest BCUT2D eigenvalue weighted by atomic mass is 10.1. The van der Waals surface area contributed by atoms with Crippen LogP contribution in [-0.2, 0) is 10.3 Å². The molecule has 7 nitrogen and oxygen atoms in total. The highest BCUT2D eigenvalue weighted by Crippen LogP contribution is 2.30. The average molecular weight is 313 g/mol. The second kappa shape index (κ2) is 5.19. The maximum absolute atomic E-state index is 12.9. The van der Waals surface area contributed by atoms with Crippen LogP contribution in [0.15, 0.2) is 24.7 Å². The average Bonchev–Trinajstić information content (AvgIpc) is 2.87. The fourth-order valence-electron chi connectivity index (χ4n) is 2.48. The van der Waals surface area contributed by atoms with Gasteiger partial charge in [-0.2, -0.15) is 5.10 Å². The zero-order chi connectivity index (χ0) is 16.8. The van der Waals surface area contributed by atoms with E-state index in [1.165, 1.54) is 11.1 Å². The molecule has 7 heteroatoms. The fraction of sp³-hybridized carbons (Fsp3) is 0.375. The van der Waals surface area contributed by atoms with Gasteiger partial charge in [0.15, 0.2) is 0 Å². The Bertz CT molecular complexity index is 788. The van der Waals surface area contributed by atoms with Crippen molar-refractivity contribution in [2.45, 2.75) is 33.2 Å². The molecule has 2 aromatic heterocycles. The van der Waals surface area contributed by atoms with Crippen LogP contribution >= 0.6 is 0 Å². The molecule has 0 fully saturated rings. The molecule has 2 amide bonds. The van der Waals surface area contributed by atoms with Gasteiger partial charge in [0.25, 0.3) is 5.91 Å². The third-order valence-corrected chi connectivity index (χ3v) is 3.73. The molecule has 1 aliphatic heterocycles. The van der Waals surface area contributed by atoms with Crippen molar-refractivity contribution < 1.29 is 9.59 Å². The normalized spacial score (nSPS) is 14.4. The summed E-state index contributed by atoms with van der Waals surface area (Å²) in [6, 6.07) is 1.72. The number of hydrogen-bond donors (Lipinski definition) is 1. The number of amides is 2. The Morgan fingerprint density at radius 1 is 1.35 bits per heavy atom. The Balaban J connectivity index is 2.01. The molecule has 120 valence electrons. The predicted octanol–water partition coefficient (Wildman–Crippen LogP) is 1.94. The van der Waals surface area contributed by atoms with E-state index in [1.54, 1.807) is 30.1 Å². The van der Waals surface area contributed by atoms with Gasteiger partial charge >= 0.3 is 0 Å². The lowest BCUT2D eigenvalue weighted by Gasteiger charge is -2.28. The molecule has 0 spiro atoms. The first-order valence-electron chi connectivity index (χ1n) is 7.40. The Hall–Kier alpha value is -2.70. The smallest absolute Gasteiger partial charge is 0.262 e. The molecule has 0 saturated carbocycles. The van der Waals surface area contributed by atoms with Gasteiger partial charge in [0.2, 0.25) is 5.91 Å². The van der Waals surface area contributed by atoms with E-state index < -0.39 is 0 Å². The molecule has 1 N–H and O–H groups in total. The van der Waals surface area contributed by atoms with Gasteiger partial charge in [-0.05, 0) is 33.8 Å². The van der Waals surface area contributed by atoms with Crippen LogP contribution in [0.25, 0.3) is 0 Å². The van der Waals surface area contributed by atoms with E-state index in [2.05, 4.69) is 15.4 Å². The molecule has 0 saturated heterocycles. The number of rotatable bonds is 1. The highest BCUT2D eigenvalue weighted by molar-refractivity contribution is 6.15. The Kier molecular flexibility index (Phi) is 3.43. The van der Waals surface area contributed by atoms with Crippen LogP contribution in [0.3, 0.4) is 0 Å². The summed E-state index contributed by atoms with van der Waals surface area (Å²) < 4.78 is 1.77. The summed E-state index contributed by atoms with van der Waals surface area (Å²) in [4.78, 5) is 30.3. The van der Waals surface area contributed by atoms with Crippen molar-refractivity contribution in [1.29, 1.82) is 0 Å². The van der Waals surface area contributed by atoms with Crippen LogP contribution in [-0.4, -0.2) is 33.1 Å². The molecule has 0 aliphatic carbocycles. The first-order valence-corrected chi connectivity index (χ1v) is 7.40. The van der Waals surface area contributed by atoms with Crippen molar-refractivity contribution in [3.8, 4) is 0 Å². The number of fused-ring (bicyclic) bond motifs is 1. The first kappa shape index (κ1) is 15.2. The Labute approximate surface area is 134 Å². The van der Waals surface area contributed by atoms with Crippen LogP contribution in [0, 0.1) is 6.92 Å². The Morgan fingerprint density at radius 3 is 2.74 bits per heavy atom. The number of aryl methyl sites for hydroxylation is 1. The number of nitrogens with zero attached hydrogens (tertiary/aromatic N) is 4. The quantitative estimate of drug-likeness (QED) is 0.872. The van der Waals surface area contributed by atoms with E-state index >= 15 is 0 Å². The molecule has 0 bridgehead atoms. The van der Waals surface area contributed by atoms with Crippen molar-refractivity contribution in [2.24, 2.45) is 0 Å². The number of carbonyl (C=O) groups is 2. The van der Waals surface area contributed by atoms with Gasteiger partial charge in [0.1, 0.15) is 6.54 Å². The lowest BCUT2D eigenvalue weighted by Crippen LogP contribution is -2.42. The molecular weight excluding hydrogens is 294 g/mol. The summed E-state index contributed by atoms with van der Waals surface area (Å²) >= 11 is 0. The van der Waals surface area contributed by atoms with Crippen molar-refractivity contribution in [2.75, 3.05) is 16.8 Å². The van der Waals surface area contributed by atoms with Gasteiger partial charge in [0.05, 0.1) is 34.4 Å². The lowest BCUT2D eigenvalue weighted by molar-refractivity contribution is -0.115. The largest absolute Gasteiger partial charge is 0.321 e. The maximum Gasteiger partial charge on any atom is 0.262 e. The summed E-state index contributed by atoms with van der Waals surface area (Å²) in [5.41, 5.74) is 2.11. The van der Waals surface area contributed by atoms with Crippen LogP contribution in [0.4, 0.5) is 11.4 Å². The molecule has 2 aromatic rings.